The standard InChI is InChI=1S/C14H16N2O2/c1-14(2,3)13(18)8-16-12-7-5-4-6-10(12)11(9-17)15-16/h4-7,9H,8H2,1-3H3. The maximum atomic E-state index is 12.0. The molecular weight excluding hydrogens is 228 g/mol. The van der Waals surface area contributed by atoms with Gasteiger partial charge >= 0.3 is 0 Å². The van der Waals surface area contributed by atoms with E-state index in [2.05, 4.69) is 5.10 Å². The molecule has 0 aliphatic rings. The number of Topliss-reactive ketones (excluding diaryl/α,β-unsaturated/α-hetero) is 1. The van der Waals surface area contributed by atoms with Crippen molar-refractivity contribution in [2.75, 3.05) is 0 Å². The Morgan fingerprint density at radius 3 is 2.61 bits per heavy atom. The van der Waals surface area contributed by atoms with Crippen LogP contribution < -0.4 is 0 Å². The number of aldehydes is 1. The SMILES string of the molecule is CC(C)(C)C(=O)Cn1nc(C=O)c2ccccc21. The van der Waals surface area contributed by atoms with E-state index in [-0.39, 0.29) is 12.3 Å². The van der Waals surface area contributed by atoms with E-state index in [4.69, 9.17) is 0 Å². The molecule has 1 aromatic carbocycles. The minimum Gasteiger partial charge on any atom is -0.297 e. The van der Waals surface area contributed by atoms with Crippen LogP contribution in [-0.4, -0.2) is 21.8 Å². The number of para-hydroxylation sites is 1. The molecule has 0 bridgehead atoms. The fourth-order valence-electron chi connectivity index (χ4n) is 1.73. The largest absolute Gasteiger partial charge is 0.297 e. The minimum absolute atomic E-state index is 0.0909. The van der Waals surface area contributed by atoms with Crippen LogP contribution in [0.1, 0.15) is 31.3 Å². The Bertz CT molecular complexity index is 606. The van der Waals surface area contributed by atoms with E-state index in [1.165, 1.54) is 0 Å². The molecule has 2 rings (SSSR count). The number of carbonyl (C=O) groups excluding carboxylic acids is 2. The van der Waals surface area contributed by atoms with Gasteiger partial charge in [-0.1, -0.05) is 39.0 Å². The van der Waals surface area contributed by atoms with E-state index in [1.807, 2.05) is 45.0 Å². The van der Waals surface area contributed by atoms with Crippen molar-refractivity contribution in [3.8, 4) is 0 Å². The van der Waals surface area contributed by atoms with Gasteiger partial charge in [0.05, 0.1) is 5.52 Å². The van der Waals surface area contributed by atoms with Crippen LogP contribution in [0.4, 0.5) is 0 Å². The number of carbonyl (C=O) groups is 2. The number of hydrogen-bond acceptors (Lipinski definition) is 3. The molecule has 0 spiro atoms. The molecule has 18 heavy (non-hydrogen) atoms. The highest BCUT2D eigenvalue weighted by Gasteiger charge is 2.22. The number of ketones is 1. The molecule has 0 saturated carbocycles. The Morgan fingerprint density at radius 1 is 1.33 bits per heavy atom. The molecule has 0 N–H and O–H groups in total. The van der Waals surface area contributed by atoms with Crippen molar-refractivity contribution in [3.05, 3.63) is 30.0 Å². The highest BCUT2D eigenvalue weighted by molar-refractivity contribution is 5.96. The average Bonchev–Trinajstić information content (AvgIpc) is 2.67. The molecule has 0 aliphatic heterocycles. The Balaban J connectivity index is 2.46. The molecule has 1 aromatic heterocycles. The van der Waals surface area contributed by atoms with Crippen molar-refractivity contribution < 1.29 is 9.59 Å². The van der Waals surface area contributed by atoms with Crippen molar-refractivity contribution in [3.63, 3.8) is 0 Å². The van der Waals surface area contributed by atoms with E-state index in [0.717, 1.165) is 17.2 Å². The predicted octanol–water partition coefficient (Wildman–Crippen LogP) is 2.46. The molecule has 0 amide bonds. The topological polar surface area (TPSA) is 52.0 Å². The zero-order valence-electron chi connectivity index (χ0n) is 10.8. The minimum atomic E-state index is -0.408. The second-order valence-corrected chi connectivity index (χ2v) is 5.35. The van der Waals surface area contributed by atoms with Gasteiger partial charge in [0.1, 0.15) is 12.2 Å². The highest BCUT2D eigenvalue weighted by atomic mass is 16.1. The van der Waals surface area contributed by atoms with Gasteiger partial charge in [-0.15, -0.1) is 0 Å². The lowest BCUT2D eigenvalue weighted by atomic mass is 9.91. The number of aromatic nitrogens is 2. The van der Waals surface area contributed by atoms with Crippen LogP contribution in [0, 0.1) is 5.41 Å². The summed E-state index contributed by atoms with van der Waals surface area (Å²) in [5.74, 6) is 0.0909. The van der Waals surface area contributed by atoms with E-state index < -0.39 is 5.41 Å². The Morgan fingerprint density at radius 2 is 2.00 bits per heavy atom. The fourth-order valence-corrected chi connectivity index (χ4v) is 1.73. The van der Waals surface area contributed by atoms with Gasteiger partial charge in [0, 0.05) is 10.8 Å². The first-order chi connectivity index (χ1) is 8.43. The molecule has 0 fully saturated rings. The van der Waals surface area contributed by atoms with Crippen LogP contribution in [0.5, 0.6) is 0 Å². The summed E-state index contributed by atoms with van der Waals surface area (Å²) in [4.78, 5) is 23.0. The lowest BCUT2D eigenvalue weighted by molar-refractivity contribution is -0.127. The van der Waals surface area contributed by atoms with Crippen molar-refractivity contribution in [2.45, 2.75) is 27.3 Å². The van der Waals surface area contributed by atoms with Gasteiger partial charge in [-0.3, -0.25) is 14.3 Å². The molecule has 0 atom stereocenters. The van der Waals surface area contributed by atoms with Gasteiger partial charge < -0.3 is 0 Å². The van der Waals surface area contributed by atoms with Gasteiger partial charge in [-0.05, 0) is 6.07 Å². The van der Waals surface area contributed by atoms with Crippen molar-refractivity contribution in [1.82, 2.24) is 9.78 Å². The third kappa shape index (κ3) is 2.18. The molecule has 0 saturated heterocycles. The molecular formula is C14H16N2O2. The summed E-state index contributed by atoms with van der Waals surface area (Å²) in [6.07, 6.45) is 0.723. The first-order valence-electron chi connectivity index (χ1n) is 5.87. The van der Waals surface area contributed by atoms with Crippen LogP contribution in [0.25, 0.3) is 10.9 Å². The number of nitrogens with zero attached hydrogens (tertiary/aromatic N) is 2. The molecule has 0 aliphatic carbocycles. The van der Waals surface area contributed by atoms with E-state index in [9.17, 15) is 9.59 Å². The quantitative estimate of drug-likeness (QED) is 0.779. The molecule has 1 heterocycles. The van der Waals surface area contributed by atoms with Gasteiger partial charge in [0.2, 0.25) is 0 Å². The summed E-state index contributed by atoms with van der Waals surface area (Å²) in [6.45, 7) is 5.82. The Kier molecular flexibility index (Phi) is 3.03. The normalized spacial score (nSPS) is 11.7. The molecule has 4 heteroatoms. The summed E-state index contributed by atoms with van der Waals surface area (Å²) in [5.41, 5.74) is 0.790. The van der Waals surface area contributed by atoms with Crippen LogP contribution in [0.15, 0.2) is 24.3 Å². The first-order valence-corrected chi connectivity index (χ1v) is 5.87. The summed E-state index contributed by atoms with van der Waals surface area (Å²) < 4.78 is 1.60. The van der Waals surface area contributed by atoms with Crippen molar-refractivity contribution in [1.29, 1.82) is 0 Å². The lowest BCUT2D eigenvalue weighted by Gasteiger charge is -2.16. The van der Waals surface area contributed by atoms with Gasteiger partial charge in [0.15, 0.2) is 12.1 Å². The van der Waals surface area contributed by atoms with E-state index in [0.29, 0.717) is 5.69 Å². The zero-order chi connectivity index (χ0) is 13.3. The Labute approximate surface area is 106 Å². The summed E-state index contributed by atoms with van der Waals surface area (Å²) >= 11 is 0. The van der Waals surface area contributed by atoms with Crippen molar-refractivity contribution in [2.24, 2.45) is 5.41 Å². The number of rotatable bonds is 3. The number of fused-ring (bicyclic) bond motifs is 1. The number of benzene rings is 1. The van der Waals surface area contributed by atoms with Gasteiger partial charge in [-0.25, -0.2) is 0 Å². The highest BCUT2D eigenvalue weighted by Crippen LogP contribution is 2.20. The summed E-state index contributed by atoms with van der Waals surface area (Å²) in [7, 11) is 0. The van der Waals surface area contributed by atoms with Crippen LogP contribution >= 0.6 is 0 Å². The van der Waals surface area contributed by atoms with Crippen LogP contribution in [-0.2, 0) is 11.3 Å². The smallest absolute Gasteiger partial charge is 0.170 e. The molecule has 0 radical (unpaired) electrons. The van der Waals surface area contributed by atoms with Crippen molar-refractivity contribution >= 4 is 23.0 Å². The van der Waals surface area contributed by atoms with Crippen LogP contribution in [0.3, 0.4) is 0 Å². The monoisotopic (exact) mass is 244 g/mol. The average molecular weight is 244 g/mol. The van der Waals surface area contributed by atoms with Gasteiger partial charge in [0.25, 0.3) is 0 Å². The van der Waals surface area contributed by atoms with Gasteiger partial charge in [-0.2, -0.15) is 5.10 Å². The fraction of sp³-hybridized carbons (Fsp3) is 0.357. The van der Waals surface area contributed by atoms with E-state index >= 15 is 0 Å². The molecule has 2 aromatic rings. The maximum absolute atomic E-state index is 12.0. The predicted molar refractivity (Wildman–Crippen MR) is 69.6 cm³/mol. The lowest BCUT2D eigenvalue weighted by Crippen LogP contribution is -2.25. The van der Waals surface area contributed by atoms with Crippen LogP contribution in [0.2, 0.25) is 0 Å². The molecule has 0 unspecified atom stereocenters. The second-order valence-electron chi connectivity index (χ2n) is 5.35. The maximum Gasteiger partial charge on any atom is 0.170 e. The Hall–Kier alpha value is -1.97. The third-order valence-electron chi connectivity index (χ3n) is 2.93. The van der Waals surface area contributed by atoms with E-state index in [1.54, 1.807) is 4.68 Å². The first kappa shape index (κ1) is 12.5. The zero-order valence-corrected chi connectivity index (χ0v) is 10.8. The molecule has 4 nitrogen and oxygen atoms in total. The second kappa shape index (κ2) is 4.37. The summed E-state index contributed by atoms with van der Waals surface area (Å²) in [5, 5.41) is 4.98. The molecule has 94 valence electrons. The summed E-state index contributed by atoms with van der Waals surface area (Å²) in [6, 6.07) is 7.43. The number of hydrogen-bond donors (Lipinski definition) is 0. The third-order valence-corrected chi connectivity index (χ3v) is 2.93.